The highest BCUT2D eigenvalue weighted by Gasteiger charge is 1.97. The van der Waals surface area contributed by atoms with Crippen LogP contribution in [0.3, 0.4) is 0 Å². The molecular weight excluding hydrogens is 208 g/mol. The molecule has 0 saturated heterocycles. The van der Waals surface area contributed by atoms with Gasteiger partial charge in [-0.3, -0.25) is 4.79 Å². The number of unbranched alkanes of at least 4 members (excludes halogenated alkanes) is 4. The quantitative estimate of drug-likeness (QED) is 0.686. The molecular formula is C12H18O2S. The number of carboxylic acid groups (broad SMARTS) is 1. The molecule has 0 aliphatic heterocycles. The lowest BCUT2D eigenvalue weighted by molar-refractivity contribution is -0.137. The Hall–Kier alpha value is -0.830. The molecule has 0 atom stereocenters. The molecule has 0 fully saturated rings. The van der Waals surface area contributed by atoms with Crippen molar-refractivity contribution in [2.24, 2.45) is 0 Å². The molecule has 0 bridgehead atoms. The van der Waals surface area contributed by atoms with Crippen LogP contribution in [0.4, 0.5) is 0 Å². The smallest absolute Gasteiger partial charge is 0.303 e. The minimum absolute atomic E-state index is 0.324. The minimum atomic E-state index is -0.673. The number of aryl methyl sites for hydroxylation is 1. The summed E-state index contributed by atoms with van der Waals surface area (Å²) in [6.45, 7) is 0. The molecule has 1 rings (SSSR count). The normalized spacial score (nSPS) is 10.4. The van der Waals surface area contributed by atoms with Crippen LogP contribution in [0.15, 0.2) is 16.8 Å². The number of carboxylic acids is 1. The molecule has 0 radical (unpaired) electrons. The molecule has 0 spiro atoms. The van der Waals surface area contributed by atoms with E-state index in [0.717, 1.165) is 19.3 Å². The first-order chi connectivity index (χ1) is 7.29. The third-order valence-electron chi connectivity index (χ3n) is 2.44. The maximum absolute atomic E-state index is 10.2. The SMILES string of the molecule is O=C(O)CCCCCCCc1ccsc1. The van der Waals surface area contributed by atoms with E-state index in [1.807, 2.05) is 0 Å². The lowest BCUT2D eigenvalue weighted by Gasteiger charge is -1.99. The molecule has 2 nitrogen and oxygen atoms in total. The zero-order valence-electron chi connectivity index (χ0n) is 8.95. The van der Waals surface area contributed by atoms with Crippen molar-refractivity contribution in [3.63, 3.8) is 0 Å². The summed E-state index contributed by atoms with van der Waals surface area (Å²) in [7, 11) is 0. The second-order valence-electron chi connectivity index (χ2n) is 3.79. The van der Waals surface area contributed by atoms with Gasteiger partial charge in [0.25, 0.3) is 0 Å². The van der Waals surface area contributed by atoms with Gasteiger partial charge in [-0.15, -0.1) is 0 Å². The van der Waals surface area contributed by atoms with Gasteiger partial charge in [0.15, 0.2) is 0 Å². The van der Waals surface area contributed by atoms with Gasteiger partial charge in [0.1, 0.15) is 0 Å². The molecule has 0 saturated carbocycles. The van der Waals surface area contributed by atoms with Crippen LogP contribution in [0.2, 0.25) is 0 Å². The fourth-order valence-electron chi connectivity index (χ4n) is 1.57. The summed E-state index contributed by atoms with van der Waals surface area (Å²) in [5.41, 5.74) is 1.44. The number of carbonyl (C=O) groups is 1. The van der Waals surface area contributed by atoms with E-state index in [2.05, 4.69) is 16.8 Å². The highest BCUT2D eigenvalue weighted by Crippen LogP contribution is 2.12. The van der Waals surface area contributed by atoms with Crippen molar-refractivity contribution in [2.75, 3.05) is 0 Å². The average molecular weight is 226 g/mol. The summed E-state index contributed by atoms with van der Waals surface area (Å²) in [6, 6.07) is 2.18. The van der Waals surface area contributed by atoms with Crippen LogP contribution in [-0.4, -0.2) is 11.1 Å². The Bertz CT molecular complexity index is 267. The maximum Gasteiger partial charge on any atom is 0.303 e. The number of hydrogen-bond acceptors (Lipinski definition) is 2. The van der Waals surface area contributed by atoms with Crippen molar-refractivity contribution in [1.82, 2.24) is 0 Å². The Morgan fingerprint density at radius 1 is 1.20 bits per heavy atom. The standard InChI is InChI=1S/C12H18O2S/c13-12(14)7-5-3-1-2-4-6-11-8-9-15-10-11/h8-10H,1-7H2,(H,13,14). The van der Waals surface area contributed by atoms with Crippen molar-refractivity contribution in [1.29, 1.82) is 0 Å². The van der Waals surface area contributed by atoms with Crippen LogP contribution >= 0.6 is 11.3 Å². The van der Waals surface area contributed by atoms with Gasteiger partial charge >= 0.3 is 5.97 Å². The highest BCUT2D eigenvalue weighted by molar-refractivity contribution is 7.07. The molecule has 0 aliphatic rings. The van der Waals surface area contributed by atoms with Gasteiger partial charge in [-0.1, -0.05) is 19.3 Å². The monoisotopic (exact) mass is 226 g/mol. The fourth-order valence-corrected chi connectivity index (χ4v) is 2.27. The molecule has 0 amide bonds. The third-order valence-corrected chi connectivity index (χ3v) is 3.17. The van der Waals surface area contributed by atoms with Crippen molar-refractivity contribution < 1.29 is 9.90 Å². The molecule has 3 heteroatoms. The molecule has 0 aliphatic carbocycles. The van der Waals surface area contributed by atoms with E-state index in [4.69, 9.17) is 5.11 Å². The molecule has 1 heterocycles. The predicted octanol–water partition coefficient (Wildman–Crippen LogP) is 3.72. The summed E-state index contributed by atoms with van der Waals surface area (Å²) in [4.78, 5) is 10.2. The Kier molecular flexibility index (Phi) is 6.09. The predicted molar refractivity (Wildman–Crippen MR) is 63.4 cm³/mol. The van der Waals surface area contributed by atoms with Crippen molar-refractivity contribution in [2.45, 2.75) is 44.9 Å². The summed E-state index contributed by atoms with van der Waals surface area (Å²) in [6.07, 6.45) is 6.98. The third kappa shape index (κ3) is 6.28. The Labute approximate surface area is 94.9 Å². The summed E-state index contributed by atoms with van der Waals surface area (Å²) >= 11 is 1.75. The first kappa shape index (κ1) is 12.2. The van der Waals surface area contributed by atoms with Crippen LogP contribution in [0.5, 0.6) is 0 Å². The molecule has 0 unspecified atom stereocenters. The van der Waals surface area contributed by atoms with Gasteiger partial charge in [0.2, 0.25) is 0 Å². The van der Waals surface area contributed by atoms with Gasteiger partial charge in [-0.25, -0.2) is 0 Å². The summed E-state index contributed by atoms with van der Waals surface area (Å²) in [5.74, 6) is -0.673. The van der Waals surface area contributed by atoms with E-state index in [9.17, 15) is 4.79 Å². The highest BCUT2D eigenvalue weighted by atomic mass is 32.1. The summed E-state index contributed by atoms with van der Waals surface area (Å²) < 4.78 is 0. The topological polar surface area (TPSA) is 37.3 Å². The van der Waals surface area contributed by atoms with Crippen LogP contribution in [0.25, 0.3) is 0 Å². The first-order valence-electron chi connectivity index (χ1n) is 5.52. The second-order valence-corrected chi connectivity index (χ2v) is 4.57. The average Bonchev–Trinajstić information content (AvgIpc) is 2.68. The maximum atomic E-state index is 10.2. The van der Waals surface area contributed by atoms with E-state index in [1.54, 1.807) is 11.3 Å². The van der Waals surface area contributed by atoms with Crippen LogP contribution in [-0.2, 0) is 11.2 Å². The van der Waals surface area contributed by atoms with Crippen molar-refractivity contribution >= 4 is 17.3 Å². The molecule has 1 N–H and O–H groups in total. The van der Waals surface area contributed by atoms with Gasteiger partial charge in [-0.2, -0.15) is 11.3 Å². The minimum Gasteiger partial charge on any atom is -0.481 e. The zero-order chi connectivity index (χ0) is 10.9. The van der Waals surface area contributed by atoms with Gasteiger partial charge in [-0.05, 0) is 41.7 Å². The van der Waals surface area contributed by atoms with Gasteiger partial charge in [0.05, 0.1) is 0 Å². The van der Waals surface area contributed by atoms with E-state index in [1.165, 1.54) is 24.8 Å². The number of thiophene rings is 1. The lowest BCUT2D eigenvalue weighted by Crippen LogP contribution is -1.93. The second kappa shape index (κ2) is 7.46. The number of hydrogen-bond donors (Lipinski definition) is 1. The van der Waals surface area contributed by atoms with Crippen molar-refractivity contribution in [3.8, 4) is 0 Å². The number of aliphatic carboxylic acids is 1. The lowest BCUT2D eigenvalue weighted by atomic mass is 10.1. The van der Waals surface area contributed by atoms with E-state index < -0.39 is 5.97 Å². The van der Waals surface area contributed by atoms with Crippen molar-refractivity contribution in [3.05, 3.63) is 22.4 Å². The zero-order valence-corrected chi connectivity index (χ0v) is 9.76. The number of rotatable bonds is 8. The molecule has 0 aromatic carbocycles. The van der Waals surface area contributed by atoms with Gasteiger partial charge < -0.3 is 5.11 Å². The fraction of sp³-hybridized carbons (Fsp3) is 0.583. The molecule has 1 aromatic heterocycles. The van der Waals surface area contributed by atoms with Crippen LogP contribution in [0, 0.1) is 0 Å². The Balaban J connectivity index is 1.87. The first-order valence-corrected chi connectivity index (χ1v) is 6.46. The Morgan fingerprint density at radius 3 is 2.60 bits per heavy atom. The molecule has 15 heavy (non-hydrogen) atoms. The van der Waals surface area contributed by atoms with Crippen LogP contribution < -0.4 is 0 Å². The van der Waals surface area contributed by atoms with Gasteiger partial charge in [0, 0.05) is 6.42 Å². The summed E-state index contributed by atoms with van der Waals surface area (Å²) in [5, 5.41) is 12.8. The van der Waals surface area contributed by atoms with E-state index in [-0.39, 0.29) is 0 Å². The van der Waals surface area contributed by atoms with E-state index in [0.29, 0.717) is 6.42 Å². The largest absolute Gasteiger partial charge is 0.481 e. The molecule has 84 valence electrons. The van der Waals surface area contributed by atoms with Crippen LogP contribution in [0.1, 0.15) is 44.1 Å². The van der Waals surface area contributed by atoms with E-state index >= 15 is 0 Å². The Morgan fingerprint density at radius 2 is 1.93 bits per heavy atom. The molecule has 1 aromatic rings.